The van der Waals surface area contributed by atoms with E-state index < -0.39 is 0 Å². The first kappa shape index (κ1) is 16.5. The summed E-state index contributed by atoms with van der Waals surface area (Å²) in [5, 5.41) is 3.88. The Balaban J connectivity index is 2.29. The first-order valence-corrected chi connectivity index (χ1v) is 8.80. The van der Waals surface area contributed by atoms with Gasteiger partial charge < -0.3 is 5.32 Å². The highest BCUT2D eigenvalue weighted by molar-refractivity contribution is 5.37. The molecule has 0 amide bonds. The van der Waals surface area contributed by atoms with Gasteiger partial charge in [-0.2, -0.15) is 0 Å². The molecule has 0 heterocycles. The molecule has 1 aliphatic carbocycles. The lowest BCUT2D eigenvalue weighted by molar-refractivity contribution is 0.151. The summed E-state index contributed by atoms with van der Waals surface area (Å²) in [5.74, 6) is 0.753. The van der Waals surface area contributed by atoms with Gasteiger partial charge in [0.15, 0.2) is 0 Å². The Kier molecular flexibility index (Phi) is 5.48. The molecular formula is C20H33N. The van der Waals surface area contributed by atoms with Gasteiger partial charge in [-0.15, -0.1) is 0 Å². The predicted molar refractivity (Wildman–Crippen MR) is 93.0 cm³/mol. The van der Waals surface area contributed by atoms with Crippen molar-refractivity contribution in [3.8, 4) is 0 Å². The molecule has 1 aliphatic rings. The molecule has 1 aromatic carbocycles. The van der Waals surface area contributed by atoms with Crippen LogP contribution in [-0.4, -0.2) is 12.6 Å². The Morgan fingerprint density at radius 1 is 1.14 bits per heavy atom. The molecule has 21 heavy (non-hydrogen) atoms. The first-order chi connectivity index (χ1) is 9.99. The van der Waals surface area contributed by atoms with Gasteiger partial charge in [0.1, 0.15) is 0 Å². The summed E-state index contributed by atoms with van der Waals surface area (Å²) < 4.78 is 0. The van der Waals surface area contributed by atoms with Gasteiger partial charge in [0.25, 0.3) is 0 Å². The molecule has 1 fully saturated rings. The van der Waals surface area contributed by atoms with Crippen molar-refractivity contribution in [3.63, 3.8) is 0 Å². The van der Waals surface area contributed by atoms with Crippen LogP contribution in [0.2, 0.25) is 0 Å². The van der Waals surface area contributed by atoms with Gasteiger partial charge in [-0.1, -0.05) is 45.4 Å². The van der Waals surface area contributed by atoms with Gasteiger partial charge >= 0.3 is 0 Å². The second-order valence-electron chi connectivity index (χ2n) is 7.44. The normalized spacial score (nSPS) is 18.6. The van der Waals surface area contributed by atoms with Crippen LogP contribution in [0.5, 0.6) is 0 Å². The minimum Gasteiger partial charge on any atom is -0.313 e. The topological polar surface area (TPSA) is 12.0 Å². The molecule has 1 N–H and O–H groups in total. The van der Waals surface area contributed by atoms with Crippen molar-refractivity contribution in [2.45, 2.75) is 78.2 Å². The van der Waals surface area contributed by atoms with Crippen molar-refractivity contribution < 1.29 is 0 Å². The van der Waals surface area contributed by atoms with Crippen LogP contribution in [0.3, 0.4) is 0 Å². The number of rotatable bonds is 7. The lowest BCUT2D eigenvalue weighted by atomic mass is 9.58. The fraction of sp³-hybridized carbons (Fsp3) is 0.700. The Hall–Kier alpha value is -0.820. The van der Waals surface area contributed by atoms with E-state index in [0.717, 1.165) is 12.5 Å². The average Bonchev–Trinajstić information content (AvgIpc) is 2.38. The van der Waals surface area contributed by atoms with Gasteiger partial charge in [-0.25, -0.2) is 0 Å². The molecule has 0 bridgehead atoms. The van der Waals surface area contributed by atoms with E-state index in [1.807, 2.05) is 0 Å². The molecule has 0 radical (unpaired) electrons. The molecule has 1 nitrogen and oxygen atoms in total. The van der Waals surface area contributed by atoms with Gasteiger partial charge in [0.05, 0.1) is 0 Å². The number of hydrogen-bond acceptors (Lipinski definition) is 1. The summed E-state index contributed by atoms with van der Waals surface area (Å²) in [7, 11) is 0. The van der Waals surface area contributed by atoms with E-state index >= 15 is 0 Å². The molecule has 1 saturated carbocycles. The van der Waals surface area contributed by atoms with Crippen LogP contribution in [0, 0.1) is 19.8 Å². The van der Waals surface area contributed by atoms with Crippen molar-refractivity contribution >= 4 is 0 Å². The zero-order valence-electron chi connectivity index (χ0n) is 14.6. The van der Waals surface area contributed by atoms with Gasteiger partial charge in [0.2, 0.25) is 0 Å². The smallest absolute Gasteiger partial charge is 0.0166 e. The van der Waals surface area contributed by atoms with Gasteiger partial charge in [-0.05, 0) is 68.7 Å². The third-order valence-corrected chi connectivity index (χ3v) is 5.34. The summed E-state index contributed by atoms with van der Waals surface area (Å²) in [6, 6.07) is 7.79. The summed E-state index contributed by atoms with van der Waals surface area (Å²) in [4.78, 5) is 0. The van der Waals surface area contributed by atoms with E-state index in [9.17, 15) is 0 Å². The first-order valence-electron chi connectivity index (χ1n) is 8.80. The zero-order valence-corrected chi connectivity index (χ0v) is 14.6. The predicted octanol–water partition coefficient (Wildman–Crippen LogP) is 5.14. The second-order valence-corrected chi connectivity index (χ2v) is 7.44. The van der Waals surface area contributed by atoms with Crippen molar-refractivity contribution in [2.24, 2.45) is 5.92 Å². The summed E-state index contributed by atoms with van der Waals surface area (Å²) in [6.07, 6.45) is 6.59. The summed E-state index contributed by atoms with van der Waals surface area (Å²) >= 11 is 0. The van der Waals surface area contributed by atoms with Crippen LogP contribution in [0.15, 0.2) is 18.2 Å². The highest BCUT2D eigenvalue weighted by atomic mass is 14.9. The van der Waals surface area contributed by atoms with Crippen molar-refractivity contribution in [2.75, 3.05) is 6.54 Å². The molecule has 2 rings (SSSR count). The fourth-order valence-corrected chi connectivity index (χ4v) is 3.74. The minimum absolute atomic E-state index is 0.387. The van der Waals surface area contributed by atoms with E-state index in [1.54, 1.807) is 5.56 Å². The van der Waals surface area contributed by atoms with E-state index in [2.05, 4.69) is 58.1 Å². The third-order valence-electron chi connectivity index (χ3n) is 5.34. The maximum atomic E-state index is 3.88. The molecule has 0 aromatic heterocycles. The van der Waals surface area contributed by atoms with E-state index in [0.29, 0.717) is 11.5 Å². The number of nitrogens with one attached hydrogen (secondary N) is 1. The monoisotopic (exact) mass is 287 g/mol. The maximum Gasteiger partial charge on any atom is 0.0166 e. The van der Waals surface area contributed by atoms with Gasteiger partial charge in [0, 0.05) is 11.5 Å². The van der Waals surface area contributed by atoms with Crippen molar-refractivity contribution in [3.05, 3.63) is 34.9 Å². The molecule has 1 aromatic rings. The van der Waals surface area contributed by atoms with E-state index in [1.165, 1.54) is 43.2 Å². The maximum absolute atomic E-state index is 3.88. The molecule has 1 atom stereocenters. The van der Waals surface area contributed by atoms with Gasteiger partial charge in [-0.3, -0.25) is 0 Å². The Morgan fingerprint density at radius 3 is 2.33 bits per heavy atom. The molecule has 1 unspecified atom stereocenters. The zero-order chi connectivity index (χ0) is 15.5. The van der Waals surface area contributed by atoms with E-state index in [4.69, 9.17) is 0 Å². The highest BCUT2D eigenvalue weighted by Gasteiger charge is 2.45. The van der Waals surface area contributed by atoms with Crippen LogP contribution in [0.25, 0.3) is 0 Å². The highest BCUT2D eigenvalue weighted by Crippen LogP contribution is 2.48. The molecular weight excluding hydrogens is 254 g/mol. The van der Waals surface area contributed by atoms with Crippen molar-refractivity contribution in [1.29, 1.82) is 0 Å². The average molecular weight is 287 g/mol. The Morgan fingerprint density at radius 2 is 1.86 bits per heavy atom. The quantitative estimate of drug-likeness (QED) is 0.732. The molecule has 0 aliphatic heterocycles. The summed E-state index contributed by atoms with van der Waals surface area (Å²) in [5.41, 5.74) is 4.82. The molecule has 0 saturated heterocycles. The lowest BCUT2D eigenvalue weighted by Crippen LogP contribution is -2.53. The third kappa shape index (κ3) is 3.51. The Labute approximate surface area is 131 Å². The van der Waals surface area contributed by atoms with Crippen LogP contribution < -0.4 is 5.32 Å². The van der Waals surface area contributed by atoms with Crippen LogP contribution in [0.4, 0.5) is 0 Å². The molecule has 1 heteroatoms. The second kappa shape index (κ2) is 6.96. The SMILES string of the molecule is CCCNC(CC(C)C)C1(c2ccc(C)c(C)c2)CCC1. The van der Waals surface area contributed by atoms with Crippen LogP contribution in [-0.2, 0) is 5.41 Å². The molecule has 0 spiro atoms. The van der Waals surface area contributed by atoms with E-state index in [-0.39, 0.29) is 0 Å². The van der Waals surface area contributed by atoms with Crippen molar-refractivity contribution in [1.82, 2.24) is 5.32 Å². The minimum atomic E-state index is 0.387. The number of hydrogen-bond donors (Lipinski definition) is 1. The van der Waals surface area contributed by atoms with Crippen LogP contribution in [0.1, 0.15) is 69.6 Å². The fourth-order valence-electron chi connectivity index (χ4n) is 3.74. The number of aryl methyl sites for hydroxylation is 2. The summed E-state index contributed by atoms with van der Waals surface area (Å²) in [6.45, 7) is 12.6. The largest absolute Gasteiger partial charge is 0.313 e. The number of benzene rings is 1. The lowest BCUT2D eigenvalue weighted by Gasteiger charge is -2.49. The Bertz CT molecular complexity index is 457. The standard InChI is InChI=1S/C20H33N/c1-6-12-21-19(13-15(2)3)20(10-7-11-20)18-9-8-16(4)17(5)14-18/h8-9,14-15,19,21H,6-7,10-13H2,1-5H3. The van der Waals surface area contributed by atoms with Crippen LogP contribution >= 0.6 is 0 Å². The molecule has 118 valence electrons.